The van der Waals surface area contributed by atoms with Gasteiger partial charge in [-0.2, -0.15) is 0 Å². The van der Waals surface area contributed by atoms with Gasteiger partial charge in [0.05, 0.1) is 16.7 Å². The Hall–Kier alpha value is -6.57. The number of amidine groups is 1. The lowest BCUT2D eigenvalue weighted by atomic mass is 9.99. The summed E-state index contributed by atoms with van der Waals surface area (Å²) in [5.74, 6) is 0.893. The largest absolute Gasteiger partial charge is 0.350 e. The smallest absolute Gasteiger partial charge is 0.131 e. The van der Waals surface area contributed by atoms with Gasteiger partial charge >= 0.3 is 0 Å². The van der Waals surface area contributed by atoms with Gasteiger partial charge in [0.2, 0.25) is 0 Å². The van der Waals surface area contributed by atoms with E-state index in [4.69, 9.17) is 4.99 Å². The lowest BCUT2D eigenvalue weighted by molar-refractivity contribution is 0.409. The minimum absolute atomic E-state index is 0.0779. The molecule has 0 saturated heterocycles. The molecule has 0 fully saturated rings. The molecule has 57 heavy (non-hydrogen) atoms. The third-order valence-corrected chi connectivity index (χ3v) is 13.9. The van der Waals surface area contributed by atoms with Gasteiger partial charge in [0.1, 0.15) is 18.2 Å². The summed E-state index contributed by atoms with van der Waals surface area (Å²) in [6.07, 6.45) is -0.289. The number of aromatic nitrogens is 1. The van der Waals surface area contributed by atoms with Gasteiger partial charge in [0.15, 0.2) is 0 Å². The number of thiophene rings is 2. The molecule has 4 heterocycles. The maximum Gasteiger partial charge on any atom is 0.131 e. The molecule has 0 radical (unpaired) electrons. The van der Waals surface area contributed by atoms with E-state index in [1.54, 1.807) is 0 Å². The quantitative estimate of drug-likeness (QED) is 0.183. The number of nitrogens with one attached hydrogen (secondary N) is 2. The van der Waals surface area contributed by atoms with Crippen molar-refractivity contribution in [1.29, 1.82) is 0 Å². The van der Waals surface area contributed by atoms with Gasteiger partial charge in [0, 0.05) is 67.8 Å². The van der Waals surface area contributed by atoms with Crippen LogP contribution in [-0.4, -0.2) is 10.4 Å². The van der Waals surface area contributed by atoms with E-state index < -0.39 is 0 Å². The van der Waals surface area contributed by atoms with Crippen molar-refractivity contribution in [2.45, 2.75) is 12.3 Å². The van der Waals surface area contributed by atoms with Crippen LogP contribution in [-0.2, 0) is 0 Å². The number of rotatable bonds is 5. The van der Waals surface area contributed by atoms with E-state index in [9.17, 15) is 0 Å². The zero-order chi connectivity index (χ0) is 37.5. The van der Waals surface area contributed by atoms with Crippen LogP contribution in [0.4, 0.5) is 0 Å². The fourth-order valence-corrected chi connectivity index (χ4v) is 11.4. The normalized spacial score (nSPS) is 15.9. The highest BCUT2D eigenvalue weighted by molar-refractivity contribution is 7.27. The summed E-state index contributed by atoms with van der Waals surface area (Å²) in [5, 5.41) is 15.2. The van der Waals surface area contributed by atoms with E-state index in [2.05, 4.69) is 191 Å². The first kappa shape index (κ1) is 32.7. The van der Waals surface area contributed by atoms with Crippen LogP contribution in [0.2, 0.25) is 0 Å². The second kappa shape index (κ2) is 13.0. The lowest BCUT2D eigenvalue weighted by Crippen LogP contribution is -2.44. The predicted octanol–water partition coefficient (Wildman–Crippen LogP) is 13.5. The van der Waals surface area contributed by atoms with Crippen molar-refractivity contribution in [3.05, 3.63) is 199 Å². The molecular formula is C51H34N4S2. The SMILES string of the molecule is c1ccc(C2=NC(c3ccc4c(c3)sc3c(-c5cccc6c5sc5cccc(-n7c8ccccc8c8ccccc87)c56)cccc34)NC(c3ccccc3)N2)cc1. The topological polar surface area (TPSA) is 41.4 Å². The Labute approximate surface area is 337 Å². The summed E-state index contributed by atoms with van der Waals surface area (Å²) < 4.78 is 7.65. The van der Waals surface area contributed by atoms with Crippen LogP contribution >= 0.6 is 22.7 Å². The molecule has 8 aromatic carbocycles. The number of fused-ring (bicyclic) bond motifs is 9. The molecule has 0 bridgehead atoms. The van der Waals surface area contributed by atoms with E-state index in [1.807, 2.05) is 28.7 Å². The van der Waals surface area contributed by atoms with E-state index >= 15 is 0 Å². The van der Waals surface area contributed by atoms with E-state index in [-0.39, 0.29) is 12.3 Å². The number of para-hydroxylation sites is 2. The van der Waals surface area contributed by atoms with Gasteiger partial charge in [-0.05, 0) is 41.5 Å². The van der Waals surface area contributed by atoms with E-state index in [0.717, 1.165) is 17.0 Å². The van der Waals surface area contributed by atoms with Crippen molar-refractivity contribution in [2.75, 3.05) is 0 Å². The van der Waals surface area contributed by atoms with E-state index in [0.29, 0.717) is 0 Å². The van der Waals surface area contributed by atoms with Gasteiger partial charge < -0.3 is 9.88 Å². The van der Waals surface area contributed by atoms with Crippen LogP contribution in [0.3, 0.4) is 0 Å². The zero-order valence-corrected chi connectivity index (χ0v) is 32.3. The summed E-state index contributed by atoms with van der Waals surface area (Å²) in [6, 6.07) is 65.9. The molecule has 6 heteroatoms. The molecule has 12 rings (SSSR count). The predicted molar refractivity (Wildman–Crippen MR) is 243 cm³/mol. The van der Waals surface area contributed by atoms with Crippen LogP contribution in [0.15, 0.2) is 187 Å². The number of nitrogens with zero attached hydrogens (tertiary/aromatic N) is 2. The molecule has 0 amide bonds. The Morgan fingerprint density at radius 3 is 1.84 bits per heavy atom. The van der Waals surface area contributed by atoms with Crippen molar-refractivity contribution in [3.63, 3.8) is 0 Å². The van der Waals surface area contributed by atoms with Gasteiger partial charge in [0.25, 0.3) is 0 Å². The molecule has 1 aliphatic heterocycles. The van der Waals surface area contributed by atoms with Gasteiger partial charge in [-0.3, -0.25) is 5.32 Å². The minimum atomic E-state index is -0.211. The first-order valence-corrected chi connectivity index (χ1v) is 21.0. The highest BCUT2D eigenvalue weighted by Crippen LogP contribution is 2.47. The molecule has 2 atom stereocenters. The molecule has 2 unspecified atom stereocenters. The summed E-state index contributed by atoms with van der Waals surface area (Å²) in [5.41, 5.74) is 9.64. The Balaban J connectivity index is 0.999. The second-order valence-corrected chi connectivity index (χ2v) is 16.8. The molecule has 11 aromatic rings. The third kappa shape index (κ3) is 5.19. The molecular weight excluding hydrogens is 733 g/mol. The van der Waals surface area contributed by atoms with Crippen LogP contribution in [0, 0.1) is 0 Å². The average Bonchev–Trinajstić information content (AvgIpc) is 3.96. The minimum Gasteiger partial charge on any atom is -0.350 e. The summed E-state index contributed by atoms with van der Waals surface area (Å²) in [6.45, 7) is 0. The molecule has 3 aromatic heterocycles. The van der Waals surface area contributed by atoms with Crippen LogP contribution in [0.5, 0.6) is 0 Å². The summed E-state index contributed by atoms with van der Waals surface area (Å²) in [7, 11) is 0. The van der Waals surface area contributed by atoms with Crippen LogP contribution in [0.25, 0.3) is 79.0 Å². The highest BCUT2D eigenvalue weighted by Gasteiger charge is 2.26. The van der Waals surface area contributed by atoms with Crippen molar-refractivity contribution in [1.82, 2.24) is 15.2 Å². The second-order valence-electron chi connectivity index (χ2n) is 14.7. The fourth-order valence-electron chi connectivity index (χ4n) is 8.90. The Morgan fingerprint density at radius 1 is 0.474 bits per heavy atom. The van der Waals surface area contributed by atoms with Crippen molar-refractivity contribution in [2.24, 2.45) is 4.99 Å². The monoisotopic (exact) mass is 766 g/mol. The lowest BCUT2D eigenvalue weighted by Gasteiger charge is -2.32. The summed E-state index contributed by atoms with van der Waals surface area (Å²) >= 11 is 3.78. The van der Waals surface area contributed by atoms with Crippen molar-refractivity contribution >= 4 is 90.7 Å². The number of aliphatic imine (C=N–C) groups is 1. The number of hydrogen-bond acceptors (Lipinski definition) is 5. The van der Waals surface area contributed by atoms with E-state index in [1.165, 1.54) is 84.5 Å². The van der Waals surface area contributed by atoms with Gasteiger partial charge in [-0.1, -0.05) is 152 Å². The summed E-state index contributed by atoms with van der Waals surface area (Å²) in [4.78, 5) is 5.24. The van der Waals surface area contributed by atoms with Crippen molar-refractivity contribution in [3.8, 4) is 16.8 Å². The molecule has 0 spiro atoms. The molecule has 0 aliphatic carbocycles. The number of hydrogen-bond donors (Lipinski definition) is 2. The van der Waals surface area contributed by atoms with Crippen LogP contribution in [0.1, 0.15) is 29.0 Å². The fraction of sp³-hybridized carbons (Fsp3) is 0.0392. The maximum atomic E-state index is 5.24. The van der Waals surface area contributed by atoms with Crippen molar-refractivity contribution < 1.29 is 0 Å². The van der Waals surface area contributed by atoms with Gasteiger partial charge in [-0.15, -0.1) is 22.7 Å². The highest BCUT2D eigenvalue weighted by atomic mass is 32.1. The average molecular weight is 767 g/mol. The Bertz CT molecular complexity index is 3320. The maximum absolute atomic E-state index is 5.24. The molecule has 2 N–H and O–H groups in total. The first-order valence-electron chi connectivity index (χ1n) is 19.4. The third-order valence-electron chi connectivity index (χ3n) is 11.5. The standard InChI is InChI=1S/C51H34N4S2/c1-3-14-31(15-4-1)49-52-50(32-16-5-2-6-17-32)54-51(53-49)33-28-29-36-37-20-11-21-38(47(37)57-45(36)30-33)39-22-12-23-40-46-43(26-13-27-44(46)56-48(39)40)55-41-24-9-7-18-34(41)35-19-8-10-25-42(35)55/h1-30,49,51,53H,(H,52,54). The van der Waals surface area contributed by atoms with Crippen LogP contribution < -0.4 is 10.6 Å². The number of benzene rings is 8. The first-order chi connectivity index (χ1) is 28.3. The molecule has 270 valence electrons. The molecule has 0 saturated carbocycles. The molecule has 4 nitrogen and oxygen atoms in total. The Morgan fingerprint density at radius 2 is 1.09 bits per heavy atom. The van der Waals surface area contributed by atoms with Gasteiger partial charge in [-0.25, -0.2) is 4.99 Å². The molecule has 1 aliphatic rings. The zero-order valence-electron chi connectivity index (χ0n) is 30.7. The Kier molecular flexibility index (Phi) is 7.45.